The van der Waals surface area contributed by atoms with Gasteiger partial charge < -0.3 is 10.4 Å². The average molecular weight is 281 g/mol. The molecule has 1 amide bonds. The molecule has 0 saturated heterocycles. The number of carboxylic acids is 1. The molecule has 0 saturated carbocycles. The minimum Gasteiger partial charge on any atom is -0.478 e. The molecule has 0 bridgehead atoms. The molecular weight excluding hydrogens is 266 g/mol. The third-order valence-corrected chi connectivity index (χ3v) is 2.86. The SMILES string of the molecule is O=C(O)C=Cc1cccc(CNC(=O)c2ccccc2)c1. The lowest BCUT2D eigenvalue weighted by Crippen LogP contribution is -2.22. The molecule has 2 aromatic carbocycles. The van der Waals surface area contributed by atoms with Gasteiger partial charge in [0, 0.05) is 18.2 Å². The van der Waals surface area contributed by atoms with Gasteiger partial charge in [-0.1, -0.05) is 36.4 Å². The lowest BCUT2D eigenvalue weighted by atomic mass is 10.1. The van der Waals surface area contributed by atoms with Crippen LogP contribution in [0.15, 0.2) is 60.7 Å². The summed E-state index contributed by atoms with van der Waals surface area (Å²) in [5.41, 5.74) is 2.30. The van der Waals surface area contributed by atoms with E-state index < -0.39 is 5.97 Å². The molecule has 21 heavy (non-hydrogen) atoms. The quantitative estimate of drug-likeness (QED) is 0.828. The molecule has 0 aromatic heterocycles. The van der Waals surface area contributed by atoms with Gasteiger partial charge in [0.25, 0.3) is 5.91 Å². The van der Waals surface area contributed by atoms with Crippen LogP contribution in [0.2, 0.25) is 0 Å². The summed E-state index contributed by atoms with van der Waals surface area (Å²) in [4.78, 5) is 22.4. The summed E-state index contributed by atoms with van der Waals surface area (Å²) >= 11 is 0. The number of nitrogens with one attached hydrogen (secondary N) is 1. The van der Waals surface area contributed by atoms with Crippen molar-refractivity contribution in [2.24, 2.45) is 0 Å². The van der Waals surface area contributed by atoms with Gasteiger partial charge in [-0.15, -0.1) is 0 Å². The third kappa shape index (κ3) is 4.62. The molecular formula is C17H15NO3. The first-order valence-corrected chi connectivity index (χ1v) is 6.48. The predicted molar refractivity (Wildman–Crippen MR) is 80.7 cm³/mol. The summed E-state index contributed by atoms with van der Waals surface area (Å²) in [6.45, 7) is 0.391. The molecule has 4 nitrogen and oxygen atoms in total. The lowest BCUT2D eigenvalue weighted by molar-refractivity contribution is -0.131. The molecule has 0 atom stereocenters. The fourth-order valence-electron chi connectivity index (χ4n) is 1.85. The first-order valence-electron chi connectivity index (χ1n) is 6.48. The summed E-state index contributed by atoms with van der Waals surface area (Å²) in [6.07, 6.45) is 2.60. The Hall–Kier alpha value is -2.88. The first-order chi connectivity index (χ1) is 10.1. The fourth-order valence-corrected chi connectivity index (χ4v) is 1.85. The van der Waals surface area contributed by atoms with E-state index in [-0.39, 0.29) is 5.91 Å². The minimum absolute atomic E-state index is 0.137. The van der Waals surface area contributed by atoms with E-state index in [1.54, 1.807) is 12.1 Å². The van der Waals surface area contributed by atoms with Gasteiger partial charge in [-0.25, -0.2) is 4.79 Å². The van der Waals surface area contributed by atoms with Gasteiger partial charge in [0.1, 0.15) is 0 Å². The molecule has 0 heterocycles. The Balaban J connectivity index is 1.99. The van der Waals surface area contributed by atoms with Crippen LogP contribution in [0.5, 0.6) is 0 Å². The fraction of sp³-hybridized carbons (Fsp3) is 0.0588. The van der Waals surface area contributed by atoms with Gasteiger partial charge in [0.2, 0.25) is 0 Å². The van der Waals surface area contributed by atoms with Crippen LogP contribution in [0.4, 0.5) is 0 Å². The van der Waals surface area contributed by atoms with Gasteiger partial charge in [0.05, 0.1) is 0 Å². The summed E-state index contributed by atoms with van der Waals surface area (Å²) < 4.78 is 0. The molecule has 0 radical (unpaired) electrons. The highest BCUT2D eigenvalue weighted by Crippen LogP contribution is 2.07. The Bertz CT molecular complexity index is 663. The van der Waals surface area contributed by atoms with Crippen molar-refractivity contribution in [3.05, 3.63) is 77.4 Å². The van der Waals surface area contributed by atoms with Crippen molar-refractivity contribution >= 4 is 18.0 Å². The Morgan fingerprint density at radius 2 is 1.81 bits per heavy atom. The minimum atomic E-state index is -0.988. The van der Waals surface area contributed by atoms with Crippen LogP contribution >= 0.6 is 0 Å². The number of aliphatic carboxylic acids is 1. The van der Waals surface area contributed by atoms with E-state index in [4.69, 9.17) is 5.11 Å². The molecule has 2 N–H and O–H groups in total. The van der Waals surface area contributed by atoms with Crippen LogP contribution in [0.1, 0.15) is 21.5 Å². The smallest absolute Gasteiger partial charge is 0.328 e. The summed E-state index contributed by atoms with van der Waals surface area (Å²) in [5.74, 6) is -1.13. The molecule has 0 fully saturated rings. The molecule has 2 aromatic rings. The van der Waals surface area contributed by atoms with Gasteiger partial charge in [-0.3, -0.25) is 4.79 Å². The zero-order chi connectivity index (χ0) is 15.1. The van der Waals surface area contributed by atoms with Crippen LogP contribution < -0.4 is 5.32 Å². The third-order valence-electron chi connectivity index (χ3n) is 2.86. The second-order valence-corrected chi connectivity index (χ2v) is 4.47. The van der Waals surface area contributed by atoms with Crippen LogP contribution in [-0.2, 0) is 11.3 Å². The van der Waals surface area contributed by atoms with Gasteiger partial charge in [0.15, 0.2) is 0 Å². The Morgan fingerprint density at radius 1 is 1.05 bits per heavy atom. The van der Waals surface area contributed by atoms with E-state index in [0.717, 1.165) is 17.2 Å². The highest BCUT2D eigenvalue weighted by atomic mass is 16.4. The maximum Gasteiger partial charge on any atom is 0.328 e. The topological polar surface area (TPSA) is 66.4 Å². The maximum absolute atomic E-state index is 11.9. The maximum atomic E-state index is 11.9. The highest BCUT2D eigenvalue weighted by Gasteiger charge is 2.03. The van der Waals surface area contributed by atoms with Gasteiger partial charge >= 0.3 is 5.97 Å². The molecule has 0 aliphatic rings. The Kier molecular flexibility index (Phi) is 4.88. The van der Waals surface area contributed by atoms with Crippen LogP contribution in [-0.4, -0.2) is 17.0 Å². The molecule has 106 valence electrons. The number of hydrogen-bond donors (Lipinski definition) is 2. The zero-order valence-corrected chi connectivity index (χ0v) is 11.3. The summed E-state index contributed by atoms with van der Waals surface area (Å²) in [6, 6.07) is 16.3. The van der Waals surface area contributed by atoms with Crippen molar-refractivity contribution in [3.8, 4) is 0 Å². The molecule has 4 heteroatoms. The lowest BCUT2D eigenvalue weighted by Gasteiger charge is -2.06. The van der Waals surface area contributed by atoms with Crippen LogP contribution in [0, 0.1) is 0 Å². The van der Waals surface area contributed by atoms with Crippen molar-refractivity contribution in [2.45, 2.75) is 6.54 Å². The molecule has 0 spiro atoms. The molecule has 0 aliphatic heterocycles. The van der Waals surface area contributed by atoms with Crippen molar-refractivity contribution in [3.63, 3.8) is 0 Å². The van der Waals surface area contributed by atoms with Crippen molar-refractivity contribution in [1.82, 2.24) is 5.32 Å². The summed E-state index contributed by atoms with van der Waals surface area (Å²) in [7, 11) is 0. The van der Waals surface area contributed by atoms with Crippen molar-refractivity contribution in [1.29, 1.82) is 0 Å². The largest absolute Gasteiger partial charge is 0.478 e. The second-order valence-electron chi connectivity index (χ2n) is 4.47. The second kappa shape index (κ2) is 7.05. The monoisotopic (exact) mass is 281 g/mol. The van der Waals surface area contributed by atoms with E-state index in [0.29, 0.717) is 12.1 Å². The first kappa shape index (κ1) is 14.5. The van der Waals surface area contributed by atoms with Crippen LogP contribution in [0.25, 0.3) is 6.08 Å². The van der Waals surface area contributed by atoms with Crippen molar-refractivity contribution < 1.29 is 14.7 Å². The summed E-state index contributed by atoms with van der Waals surface area (Å²) in [5, 5.41) is 11.4. The molecule has 2 rings (SSSR count). The number of carboxylic acid groups (broad SMARTS) is 1. The van der Waals surface area contributed by atoms with E-state index in [1.807, 2.05) is 42.5 Å². The van der Waals surface area contributed by atoms with E-state index >= 15 is 0 Å². The Morgan fingerprint density at radius 3 is 2.52 bits per heavy atom. The normalized spacial score (nSPS) is 10.5. The highest BCUT2D eigenvalue weighted by molar-refractivity contribution is 5.94. The predicted octanol–water partition coefficient (Wildman–Crippen LogP) is 2.71. The number of carbonyl (C=O) groups is 2. The number of benzene rings is 2. The number of rotatable bonds is 5. The van der Waals surface area contributed by atoms with E-state index in [9.17, 15) is 9.59 Å². The van der Waals surface area contributed by atoms with Gasteiger partial charge in [-0.2, -0.15) is 0 Å². The number of amides is 1. The number of hydrogen-bond acceptors (Lipinski definition) is 2. The molecule has 0 aliphatic carbocycles. The number of carbonyl (C=O) groups excluding carboxylic acids is 1. The Labute approximate surface area is 122 Å². The van der Waals surface area contributed by atoms with Crippen LogP contribution in [0.3, 0.4) is 0 Å². The van der Waals surface area contributed by atoms with E-state index in [1.165, 1.54) is 6.08 Å². The van der Waals surface area contributed by atoms with Gasteiger partial charge in [-0.05, 0) is 35.4 Å². The standard InChI is InChI=1S/C17H15NO3/c19-16(20)10-9-13-5-4-6-14(11-13)12-18-17(21)15-7-2-1-3-8-15/h1-11H,12H2,(H,18,21)(H,19,20). The van der Waals surface area contributed by atoms with E-state index in [2.05, 4.69) is 5.32 Å². The van der Waals surface area contributed by atoms with Crippen molar-refractivity contribution in [2.75, 3.05) is 0 Å². The molecule has 0 unspecified atom stereocenters. The zero-order valence-electron chi connectivity index (χ0n) is 11.3. The average Bonchev–Trinajstić information content (AvgIpc) is 2.52.